The zero-order valence-corrected chi connectivity index (χ0v) is 13.7. The third kappa shape index (κ3) is 5.35. The van der Waals surface area contributed by atoms with Gasteiger partial charge in [-0.2, -0.15) is 0 Å². The van der Waals surface area contributed by atoms with Gasteiger partial charge in [0.25, 0.3) is 0 Å². The van der Waals surface area contributed by atoms with Crippen LogP contribution in [-0.2, 0) is 12.8 Å². The number of aromatic carboxylic acids is 1. The Labute approximate surface area is 141 Å². The second-order valence-electron chi connectivity index (χ2n) is 5.57. The van der Waals surface area contributed by atoms with Crippen molar-refractivity contribution in [2.24, 2.45) is 0 Å². The number of methoxy groups -OCH3 is 1. The van der Waals surface area contributed by atoms with Gasteiger partial charge in [0, 0.05) is 0 Å². The van der Waals surface area contributed by atoms with Crippen molar-refractivity contribution >= 4 is 5.97 Å². The van der Waals surface area contributed by atoms with Gasteiger partial charge in [-0.05, 0) is 67.7 Å². The molecule has 2 aromatic carbocycles. The van der Waals surface area contributed by atoms with Crippen molar-refractivity contribution in [3.05, 3.63) is 65.0 Å². The first-order valence-corrected chi connectivity index (χ1v) is 7.95. The lowest BCUT2D eigenvalue weighted by Gasteiger charge is -2.07. The molecule has 0 aliphatic heterocycles. The highest BCUT2D eigenvalue weighted by Gasteiger charge is 2.04. The first-order chi connectivity index (χ1) is 11.6. The number of carboxylic acid groups (broad SMARTS) is 1. The summed E-state index contributed by atoms with van der Waals surface area (Å²) in [6.45, 7) is 1.69. The molecule has 0 bridgehead atoms. The topological polar surface area (TPSA) is 58.6 Å². The fraction of sp³-hybridized carbons (Fsp3) is 0.316. The number of carbonyl (C=O) groups is 1. The fourth-order valence-electron chi connectivity index (χ4n) is 2.45. The van der Waals surface area contributed by atoms with Crippen LogP contribution in [0.25, 0.3) is 0 Å². The number of nitrogens with one attached hydrogen (secondary N) is 1. The number of rotatable bonds is 9. The number of hydrogen-bond acceptors (Lipinski definition) is 3. The Morgan fingerprint density at radius 1 is 1.08 bits per heavy atom. The standard InChI is InChI=1S/C19H22FNO3/c1-24-18-13-15(6-9-17(18)20)10-12-21-11-2-3-14-4-7-16(8-5-14)19(22)23/h4-9,13,21H,2-3,10-12H2,1H3,(H,22,23). The predicted molar refractivity (Wildman–Crippen MR) is 91.2 cm³/mol. The zero-order valence-electron chi connectivity index (χ0n) is 13.7. The Morgan fingerprint density at radius 3 is 2.46 bits per heavy atom. The first-order valence-electron chi connectivity index (χ1n) is 7.95. The van der Waals surface area contributed by atoms with E-state index < -0.39 is 5.97 Å². The molecule has 0 fully saturated rings. The summed E-state index contributed by atoms with van der Waals surface area (Å²) in [6.07, 6.45) is 2.68. The fourth-order valence-corrected chi connectivity index (χ4v) is 2.45. The summed E-state index contributed by atoms with van der Waals surface area (Å²) >= 11 is 0. The number of halogens is 1. The quantitative estimate of drug-likeness (QED) is 0.692. The van der Waals surface area contributed by atoms with Crippen molar-refractivity contribution in [3.8, 4) is 5.75 Å². The number of ether oxygens (including phenoxy) is 1. The van der Waals surface area contributed by atoms with Crippen molar-refractivity contribution in [2.75, 3.05) is 20.2 Å². The maximum absolute atomic E-state index is 13.3. The maximum atomic E-state index is 13.3. The van der Waals surface area contributed by atoms with Crippen LogP contribution in [0.2, 0.25) is 0 Å². The molecule has 0 saturated carbocycles. The average Bonchev–Trinajstić information content (AvgIpc) is 2.59. The van der Waals surface area contributed by atoms with E-state index in [0.717, 1.165) is 43.5 Å². The van der Waals surface area contributed by atoms with Crippen molar-refractivity contribution in [1.29, 1.82) is 0 Å². The van der Waals surface area contributed by atoms with Gasteiger partial charge in [0.15, 0.2) is 11.6 Å². The molecule has 0 aliphatic carbocycles. The summed E-state index contributed by atoms with van der Waals surface area (Å²) < 4.78 is 18.3. The molecular formula is C19H22FNO3. The number of aryl methyl sites for hydroxylation is 1. The normalized spacial score (nSPS) is 10.6. The molecule has 2 aromatic rings. The molecule has 0 amide bonds. The Kier molecular flexibility index (Phi) is 6.75. The lowest BCUT2D eigenvalue weighted by atomic mass is 10.1. The van der Waals surface area contributed by atoms with Crippen LogP contribution >= 0.6 is 0 Å². The highest BCUT2D eigenvalue weighted by molar-refractivity contribution is 5.87. The van der Waals surface area contributed by atoms with Crippen LogP contribution in [-0.4, -0.2) is 31.3 Å². The van der Waals surface area contributed by atoms with E-state index in [0.29, 0.717) is 5.56 Å². The van der Waals surface area contributed by atoms with Crippen LogP contribution in [0.3, 0.4) is 0 Å². The van der Waals surface area contributed by atoms with Crippen molar-refractivity contribution in [1.82, 2.24) is 5.32 Å². The molecule has 0 saturated heterocycles. The lowest BCUT2D eigenvalue weighted by molar-refractivity contribution is 0.0697. The van der Waals surface area contributed by atoms with E-state index in [1.165, 1.54) is 13.2 Å². The Morgan fingerprint density at radius 2 is 1.79 bits per heavy atom. The largest absolute Gasteiger partial charge is 0.494 e. The lowest BCUT2D eigenvalue weighted by Crippen LogP contribution is -2.19. The van der Waals surface area contributed by atoms with E-state index in [2.05, 4.69) is 5.32 Å². The van der Waals surface area contributed by atoms with Gasteiger partial charge in [-0.3, -0.25) is 0 Å². The minimum atomic E-state index is -0.902. The summed E-state index contributed by atoms with van der Waals surface area (Å²) in [4.78, 5) is 10.8. The van der Waals surface area contributed by atoms with Gasteiger partial charge < -0.3 is 15.2 Å². The molecule has 128 valence electrons. The average molecular weight is 331 g/mol. The van der Waals surface area contributed by atoms with Crippen LogP contribution in [0.1, 0.15) is 27.9 Å². The molecule has 0 aromatic heterocycles. The van der Waals surface area contributed by atoms with Crippen molar-refractivity contribution in [2.45, 2.75) is 19.3 Å². The molecule has 24 heavy (non-hydrogen) atoms. The summed E-state index contributed by atoms with van der Waals surface area (Å²) in [5.74, 6) is -0.971. The van der Waals surface area contributed by atoms with E-state index in [4.69, 9.17) is 9.84 Å². The molecular weight excluding hydrogens is 309 g/mol. The van der Waals surface area contributed by atoms with Gasteiger partial charge >= 0.3 is 5.97 Å². The summed E-state index contributed by atoms with van der Waals surface area (Å²) in [5, 5.41) is 12.2. The number of carboxylic acids is 1. The van der Waals surface area contributed by atoms with Gasteiger partial charge in [-0.25, -0.2) is 9.18 Å². The molecule has 2 rings (SSSR count). The molecule has 4 nitrogen and oxygen atoms in total. The molecule has 0 radical (unpaired) electrons. The van der Waals surface area contributed by atoms with Gasteiger partial charge in [0.05, 0.1) is 12.7 Å². The molecule has 5 heteroatoms. The highest BCUT2D eigenvalue weighted by atomic mass is 19.1. The second kappa shape index (κ2) is 9.03. The van der Waals surface area contributed by atoms with Crippen molar-refractivity contribution < 1.29 is 19.0 Å². The van der Waals surface area contributed by atoms with Crippen molar-refractivity contribution in [3.63, 3.8) is 0 Å². The maximum Gasteiger partial charge on any atom is 0.335 e. The second-order valence-corrected chi connectivity index (χ2v) is 5.57. The smallest absolute Gasteiger partial charge is 0.335 e. The monoisotopic (exact) mass is 331 g/mol. The van der Waals surface area contributed by atoms with Crippen LogP contribution in [0.15, 0.2) is 42.5 Å². The molecule has 2 N–H and O–H groups in total. The van der Waals surface area contributed by atoms with E-state index in [-0.39, 0.29) is 11.6 Å². The van der Waals surface area contributed by atoms with Gasteiger partial charge in [0.1, 0.15) is 0 Å². The molecule has 0 aliphatic rings. The molecule has 0 spiro atoms. The minimum absolute atomic E-state index is 0.275. The van der Waals surface area contributed by atoms with Gasteiger partial charge in [-0.1, -0.05) is 18.2 Å². The third-order valence-electron chi connectivity index (χ3n) is 3.83. The highest BCUT2D eigenvalue weighted by Crippen LogP contribution is 2.18. The predicted octanol–water partition coefficient (Wildman–Crippen LogP) is 3.30. The minimum Gasteiger partial charge on any atom is -0.494 e. The first kappa shape index (κ1) is 17.9. The van der Waals surface area contributed by atoms with E-state index in [9.17, 15) is 9.18 Å². The summed E-state index contributed by atoms with van der Waals surface area (Å²) in [7, 11) is 1.46. The Balaban J connectivity index is 1.65. The van der Waals surface area contributed by atoms with E-state index in [1.54, 1.807) is 24.3 Å². The Bertz CT molecular complexity index is 671. The summed E-state index contributed by atoms with van der Waals surface area (Å²) in [5.41, 5.74) is 2.47. The van der Waals surface area contributed by atoms with Gasteiger partial charge in [0.2, 0.25) is 0 Å². The number of hydrogen-bond donors (Lipinski definition) is 2. The molecule has 0 unspecified atom stereocenters. The number of benzene rings is 2. The van der Waals surface area contributed by atoms with Crippen LogP contribution < -0.4 is 10.1 Å². The van der Waals surface area contributed by atoms with Crippen LogP contribution in [0, 0.1) is 5.82 Å². The van der Waals surface area contributed by atoms with Gasteiger partial charge in [-0.15, -0.1) is 0 Å². The summed E-state index contributed by atoms with van der Waals surface area (Å²) in [6, 6.07) is 11.9. The van der Waals surface area contributed by atoms with E-state index in [1.807, 2.05) is 12.1 Å². The van der Waals surface area contributed by atoms with Crippen LogP contribution in [0.4, 0.5) is 4.39 Å². The molecule has 0 heterocycles. The Hall–Kier alpha value is -2.40. The molecule has 0 atom stereocenters. The SMILES string of the molecule is COc1cc(CCNCCCc2ccc(C(=O)O)cc2)ccc1F. The van der Waals surface area contributed by atoms with Crippen LogP contribution in [0.5, 0.6) is 5.75 Å². The van der Waals surface area contributed by atoms with E-state index >= 15 is 0 Å². The zero-order chi connectivity index (χ0) is 17.4. The third-order valence-corrected chi connectivity index (χ3v) is 3.83.